The number of rotatable bonds is 17. The van der Waals surface area contributed by atoms with E-state index in [1.54, 1.807) is 12.1 Å². The molecule has 0 aliphatic rings. The molecule has 0 bridgehead atoms. The Morgan fingerprint density at radius 2 is 0.667 bits per heavy atom. The van der Waals surface area contributed by atoms with Crippen molar-refractivity contribution in [2.24, 2.45) is 5.73 Å². The molecular weight excluding hydrogens is 698 g/mol. The summed E-state index contributed by atoms with van der Waals surface area (Å²) in [6.07, 6.45) is -0.452. The van der Waals surface area contributed by atoms with Crippen LogP contribution in [0.4, 0.5) is 0 Å². The van der Waals surface area contributed by atoms with Crippen LogP contribution in [0.25, 0.3) is 0 Å². The van der Waals surface area contributed by atoms with Crippen LogP contribution in [-0.4, -0.2) is 85.3 Å². The number of phenols is 4. The molecule has 0 saturated heterocycles. The quantitative estimate of drug-likeness (QED) is 0.0734. The van der Waals surface area contributed by atoms with Gasteiger partial charge in [-0.15, -0.1) is 0 Å². The summed E-state index contributed by atoms with van der Waals surface area (Å²) in [5.74, 6) is -4.56. The van der Waals surface area contributed by atoms with Gasteiger partial charge < -0.3 is 52.5 Å². The number of hydrogen-bond donors (Lipinski definition) is 10. The van der Waals surface area contributed by atoms with Gasteiger partial charge in [0.25, 0.3) is 0 Å². The Bertz CT molecular complexity index is 1900. The molecular formula is C39H43N5O10. The highest BCUT2D eigenvalue weighted by atomic mass is 16.4. The van der Waals surface area contributed by atoms with E-state index in [0.29, 0.717) is 22.3 Å². The van der Waals surface area contributed by atoms with E-state index in [1.807, 2.05) is 0 Å². The highest BCUT2D eigenvalue weighted by molar-refractivity contribution is 5.95. The minimum absolute atomic E-state index is 0.00840. The fourth-order valence-corrected chi connectivity index (χ4v) is 5.42. The van der Waals surface area contributed by atoms with E-state index in [2.05, 4.69) is 21.3 Å². The summed E-state index contributed by atoms with van der Waals surface area (Å²) < 4.78 is 0. The molecule has 11 N–H and O–H groups in total. The number of aliphatic carboxylic acids is 1. The van der Waals surface area contributed by atoms with Gasteiger partial charge in [0.2, 0.25) is 23.6 Å². The molecule has 4 aromatic carbocycles. The number of carboxylic acid groups (broad SMARTS) is 1. The van der Waals surface area contributed by atoms with Gasteiger partial charge in [0.15, 0.2) is 0 Å². The Balaban J connectivity index is 1.63. The number of benzene rings is 4. The largest absolute Gasteiger partial charge is 0.508 e. The van der Waals surface area contributed by atoms with Crippen LogP contribution in [0.5, 0.6) is 23.0 Å². The molecule has 0 aromatic heterocycles. The van der Waals surface area contributed by atoms with Crippen molar-refractivity contribution in [3.8, 4) is 23.0 Å². The average molecular weight is 742 g/mol. The third-order valence-electron chi connectivity index (χ3n) is 8.43. The molecule has 0 spiro atoms. The van der Waals surface area contributed by atoms with Crippen molar-refractivity contribution in [2.75, 3.05) is 0 Å². The lowest BCUT2D eigenvalue weighted by Gasteiger charge is -2.27. The molecule has 0 radical (unpaired) electrons. The van der Waals surface area contributed by atoms with E-state index >= 15 is 0 Å². The number of nitrogens with one attached hydrogen (secondary N) is 4. The Labute approximate surface area is 310 Å². The molecule has 0 saturated carbocycles. The second kappa shape index (κ2) is 18.8. The summed E-state index contributed by atoms with van der Waals surface area (Å²) in [5.41, 5.74) is 7.86. The van der Waals surface area contributed by atoms with Gasteiger partial charge in [-0.05, 0) is 77.7 Å². The minimum Gasteiger partial charge on any atom is -0.508 e. The molecule has 15 nitrogen and oxygen atoms in total. The van der Waals surface area contributed by atoms with Crippen molar-refractivity contribution < 1.29 is 49.5 Å². The number of aromatic hydroxyl groups is 4. The first-order chi connectivity index (χ1) is 25.7. The molecule has 0 unspecified atom stereocenters. The van der Waals surface area contributed by atoms with Crippen LogP contribution in [0.2, 0.25) is 0 Å². The van der Waals surface area contributed by atoms with Gasteiger partial charge in [-0.3, -0.25) is 19.2 Å². The van der Waals surface area contributed by atoms with Gasteiger partial charge in [0.05, 0.1) is 6.04 Å². The Kier molecular flexibility index (Phi) is 13.9. The molecule has 4 amide bonds. The van der Waals surface area contributed by atoms with Gasteiger partial charge in [-0.25, -0.2) is 4.79 Å². The lowest BCUT2D eigenvalue weighted by molar-refractivity contribution is -0.142. The van der Waals surface area contributed by atoms with Crippen LogP contribution < -0.4 is 27.0 Å². The Morgan fingerprint density at radius 3 is 0.907 bits per heavy atom. The Morgan fingerprint density at radius 1 is 0.444 bits per heavy atom. The number of carboxylic acids is 1. The molecule has 54 heavy (non-hydrogen) atoms. The molecule has 0 aliphatic carbocycles. The highest BCUT2D eigenvalue weighted by Crippen LogP contribution is 2.16. The number of nitrogens with two attached hydrogens (primary N) is 1. The minimum atomic E-state index is -1.43. The summed E-state index contributed by atoms with van der Waals surface area (Å²) in [4.78, 5) is 66.7. The van der Waals surface area contributed by atoms with Crippen LogP contribution in [0, 0.1) is 0 Å². The maximum atomic E-state index is 14.1. The number of phenolic OH excluding ortho intramolecular Hbond substituents is 4. The highest BCUT2D eigenvalue weighted by Gasteiger charge is 2.32. The third-order valence-corrected chi connectivity index (χ3v) is 8.43. The van der Waals surface area contributed by atoms with Crippen molar-refractivity contribution in [3.63, 3.8) is 0 Å². The van der Waals surface area contributed by atoms with Crippen LogP contribution in [0.3, 0.4) is 0 Å². The molecule has 0 aliphatic heterocycles. The van der Waals surface area contributed by atoms with Crippen LogP contribution in [0.1, 0.15) is 29.2 Å². The van der Waals surface area contributed by atoms with Crippen LogP contribution in [0.15, 0.2) is 97.1 Å². The maximum Gasteiger partial charge on any atom is 0.326 e. The van der Waals surface area contributed by atoms with E-state index < -0.39 is 59.8 Å². The number of carbonyl (C=O) groups is 5. The van der Waals surface area contributed by atoms with E-state index in [1.165, 1.54) is 91.9 Å². The number of hydrogen-bond acceptors (Lipinski definition) is 10. The molecule has 4 aromatic rings. The zero-order chi connectivity index (χ0) is 39.4. The predicted octanol–water partition coefficient (Wildman–Crippen LogP) is 1.15. The summed E-state index contributed by atoms with van der Waals surface area (Å²) in [7, 11) is 0. The second-order valence-electron chi connectivity index (χ2n) is 12.9. The SMILES string of the molecule is C[C@H](N)C(=O)N[C@@H](Cc1ccc(O)cc1)C(=O)N[C@@H](Cc1ccc(O)cc1)C(=O)N[C@@H](Cc1ccc(O)cc1)C(=O)N[C@@H](Cc1ccc(O)cc1)C(=O)O. The average Bonchev–Trinajstić information content (AvgIpc) is 3.13. The monoisotopic (exact) mass is 741 g/mol. The predicted molar refractivity (Wildman–Crippen MR) is 196 cm³/mol. The van der Waals surface area contributed by atoms with Crippen LogP contribution in [-0.2, 0) is 49.7 Å². The molecule has 0 heterocycles. The van der Waals surface area contributed by atoms with E-state index in [9.17, 15) is 49.5 Å². The standard InChI is InChI=1S/C39H43N5O10/c1-22(40)35(49)41-31(18-23-2-10-27(45)11-3-23)36(50)42-32(19-24-4-12-28(46)13-5-24)37(51)43-33(20-25-6-14-29(47)15-7-25)38(52)44-34(39(53)54)21-26-8-16-30(48)17-9-26/h2-17,22,31-34,45-48H,18-21,40H2,1H3,(H,41,49)(H,42,50)(H,43,51)(H,44,52)(H,53,54)/t22-,31-,32-,33-,34-/m0/s1. The van der Waals surface area contributed by atoms with Gasteiger partial charge in [0.1, 0.15) is 47.2 Å². The first kappa shape index (κ1) is 40.2. The lowest BCUT2D eigenvalue weighted by atomic mass is 10.00. The zero-order valence-corrected chi connectivity index (χ0v) is 29.3. The van der Waals surface area contributed by atoms with Crippen molar-refractivity contribution in [1.82, 2.24) is 21.3 Å². The molecule has 284 valence electrons. The summed E-state index contributed by atoms with van der Waals surface area (Å²) in [5, 5.41) is 59.3. The van der Waals surface area contributed by atoms with Gasteiger partial charge >= 0.3 is 5.97 Å². The normalized spacial score (nSPS) is 13.7. The molecule has 15 heteroatoms. The topological polar surface area (TPSA) is 261 Å². The number of carbonyl (C=O) groups excluding carboxylic acids is 4. The number of amides is 4. The summed E-state index contributed by atoms with van der Waals surface area (Å²) in [6.45, 7) is 1.44. The van der Waals surface area contributed by atoms with E-state index in [-0.39, 0.29) is 48.7 Å². The van der Waals surface area contributed by atoms with E-state index in [0.717, 1.165) is 0 Å². The summed E-state index contributed by atoms with van der Waals surface area (Å²) >= 11 is 0. The van der Waals surface area contributed by atoms with Gasteiger partial charge in [0, 0.05) is 25.7 Å². The van der Waals surface area contributed by atoms with Crippen molar-refractivity contribution >= 4 is 29.6 Å². The first-order valence-corrected chi connectivity index (χ1v) is 17.0. The van der Waals surface area contributed by atoms with Crippen molar-refractivity contribution in [3.05, 3.63) is 119 Å². The first-order valence-electron chi connectivity index (χ1n) is 17.0. The Hall–Kier alpha value is -6.61. The van der Waals surface area contributed by atoms with E-state index in [4.69, 9.17) is 5.73 Å². The third kappa shape index (κ3) is 12.3. The van der Waals surface area contributed by atoms with Crippen LogP contribution >= 0.6 is 0 Å². The second-order valence-corrected chi connectivity index (χ2v) is 12.9. The fourth-order valence-electron chi connectivity index (χ4n) is 5.42. The molecule has 0 fully saturated rings. The maximum absolute atomic E-state index is 14.1. The molecule has 5 atom stereocenters. The smallest absolute Gasteiger partial charge is 0.326 e. The lowest BCUT2D eigenvalue weighted by Crippen LogP contribution is -2.59. The fraction of sp³-hybridized carbons (Fsp3) is 0.256. The van der Waals surface area contributed by atoms with Crippen molar-refractivity contribution in [1.29, 1.82) is 0 Å². The molecule has 4 rings (SSSR count). The van der Waals surface area contributed by atoms with Gasteiger partial charge in [-0.1, -0.05) is 48.5 Å². The zero-order valence-electron chi connectivity index (χ0n) is 29.3. The van der Waals surface area contributed by atoms with Gasteiger partial charge in [-0.2, -0.15) is 0 Å². The summed E-state index contributed by atoms with van der Waals surface area (Å²) in [6, 6.07) is 17.0. The van der Waals surface area contributed by atoms with Crippen molar-refractivity contribution in [2.45, 2.75) is 62.8 Å².